The Labute approximate surface area is 193 Å². The van der Waals surface area contributed by atoms with Crippen LogP contribution in [0.1, 0.15) is 31.1 Å². The van der Waals surface area contributed by atoms with Crippen molar-refractivity contribution in [2.45, 2.75) is 20.8 Å². The van der Waals surface area contributed by atoms with Crippen molar-refractivity contribution in [3.63, 3.8) is 0 Å². The quantitative estimate of drug-likeness (QED) is 0.361. The zero-order valence-corrected chi connectivity index (χ0v) is 19.7. The normalized spacial score (nSPS) is 10.0. The Bertz CT molecular complexity index is 911. The average Bonchev–Trinajstić information content (AvgIpc) is 2.79. The zero-order chi connectivity index (χ0) is 23.5. The molecular formula is C22H29N3O6S. The van der Waals surface area contributed by atoms with E-state index in [4.69, 9.17) is 35.9 Å². The van der Waals surface area contributed by atoms with Crippen molar-refractivity contribution in [1.29, 1.82) is 0 Å². The van der Waals surface area contributed by atoms with Gasteiger partial charge in [0.15, 0.2) is 16.6 Å². The second kappa shape index (κ2) is 12.5. The summed E-state index contributed by atoms with van der Waals surface area (Å²) in [6.45, 7) is 6.81. The number of benzene rings is 2. The Morgan fingerprint density at radius 2 is 1.47 bits per heavy atom. The highest BCUT2D eigenvalue weighted by atomic mass is 32.1. The van der Waals surface area contributed by atoms with Gasteiger partial charge in [-0.2, -0.15) is 0 Å². The third kappa shape index (κ3) is 6.55. The molecule has 0 saturated carbocycles. The van der Waals surface area contributed by atoms with Crippen LogP contribution in [-0.2, 0) is 0 Å². The van der Waals surface area contributed by atoms with Gasteiger partial charge in [-0.05, 0) is 57.3 Å². The summed E-state index contributed by atoms with van der Waals surface area (Å²) in [6.07, 6.45) is 0. The number of thiocarbonyl (C=S) groups is 1. The van der Waals surface area contributed by atoms with Gasteiger partial charge in [0.2, 0.25) is 5.75 Å². The lowest BCUT2D eigenvalue weighted by Gasteiger charge is -2.18. The molecule has 0 aromatic heterocycles. The molecule has 0 heterocycles. The first-order valence-corrected chi connectivity index (χ1v) is 10.5. The van der Waals surface area contributed by atoms with Gasteiger partial charge in [-0.15, -0.1) is 0 Å². The summed E-state index contributed by atoms with van der Waals surface area (Å²) in [7, 11) is 3.11. The topological polar surface area (TPSA) is 99.3 Å². The molecule has 32 heavy (non-hydrogen) atoms. The molecule has 0 aliphatic carbocycles. The lowest BCUT2D eigenvalue weighted by Crippen LogP contribution is -2.43. The van der Waals surface area contributed by atoms with Crippen LogP contribution in [0.4, 0.5) is 5.69 Å². The third-order valence-electron chi connectivity index (χ3n) is 4.12. The summed E-state index contributed by atoms with van der Waals surface area (Å²) in [5.41, 5.74) is 6.13. The predicted molar refractivity (Wildman–Crippen MR) is 126 cm³/mol. The van der Waals surface area contributed by atoms with Crippen LogP contribution in [-0.4, -0.2) is 45.1 Å². The van der Waals surface area contributed by atoms with E-state index in [1.54, 1.807) is 44.6 Å². The molecule has 0 radical (unpaired) electrons. The number of hydrogen-bond acceptors (Lipinski definition) is 7. The van der Waals surface area contributed by atoms with Crippen molar-refractivity contribution in [2.75, 3.05) is 39.4 Å². The standard InChI is InChI=1S/C22H29N3O6S/c1-6-29-18-11-14(12-19(30-7-2)20(18)31-8-3)21(26)24-25-22(32)23-16-13-15(27-4)9-10-17(16)28-5/h9-13H,6-8H2,1-5H3,(H,24,26)(H2,23,25,32). The molecule has 0 saturated heterocycles. The highest BCUT2D eigenvalue weighted by Crippen LogP contribution is 2.39. The molecule has 0 bridgehead atoms. The summed E-state index contributed by atoms with van der Waals surface area (Å²) >= 11 is 5.28. The zero-order valence-electron chi connectivity index (χ0n) is 18.9. The minimum absolute atomic E-state index is 0.158. The molecule has 9 nitrogen and oxygen atoms in total. The van der Waals surface area contributed by atoms with E-state index in [1.165, 1.54) is 0 Å². The number of hydrazine groups is 1. The van der Waals surface area contributed by atoms with E-state index in [9.17, 15) is 4.79 Å². The van der Waals surface area contributed by atoms with E-state index in [0.717, 1.165) is 0 Å². The number of hydrogen-bond donors (Lipinski definition) is 3. The Morgan fingerprint density at radius 3 is 2.00 bits per heavy atom. The summed E-state index contributed by atoms with van der Waals surface area (Å²) in [5.74, 6) is 2.07. The van der Waals surface area contributed by atoms with E-state index < -0.39 is 5.91 Å². The molecule has 0 atom stereocenters. The Balaban J connectivity index is 2.14. The van der Waals surface area contributed by atoms with E-state index >= 15 is 0 Å². The SMILES string of the molecule is CCOc1cc(C(=O)NNC(=S)Nc2cc(OC)ccc2OC)cc(OCC)c1OCC. The first kappa shape index (κ1) is 24.9. The highest BCUT2D eigenvalue weighted by Gasteiger charge is 2.18. The molecule has 2 aromatic carbocycles. The van der Waals surface area contributed by atoms with Crippen LogP contribution < -0.4 is 39.9 Å². The van der Waals surface area contributed by atoms with Crippen molar-refractivity contribution >= 4 is 28.9 Å². The number of nitrogens with one attached hydrogen (secondary N) is 3. The molecule has 3 N–H and O–H groups in total. The molecule has 0 unspecified atom stereocenters. The number of carbonyl (C=O) groups is 1. The van der Waals surface area contributed by atoms with E-state index in [0.29, 0.717) is 59.8 Å². The Morgan fingerprint density at radius 1 is 0.844 bits per heavy atom. The number of ether oxygens (including phenoxy) is 5. The van der Waals surface area contributed by atoms with E-state index in [2.05, 4.69) is 16.2 Å². The summed E-state index contributed by atoms with van der Waals surface area (Å²) in [4.78, 5) is 12.7. The number of methoxy groups -OCH3 is 2. The molecule has 0 aliphatic heterocycles. The molecule has 0 spiro atoms. The Kier molecular flexibility index (Phi) is 9.68. The van der Waals surface area contributed by atoms with Gasteiger partial charge in [0, 0.05) is 11.6 Å². The van der Waals surface area contributed by atoms with Crippen LogP contribution in [0.25, 0.3) is 0 Å². The maximum absolute atomic E-state index is 12.7. The number of anilines is 1. The van der Waals surface area contributed by atoms with Gasteiger partial charge in [0.05, 0.1) is 39.7 Å². The molecule has 10 heteroatoms. The molecular weight excluding hydrogens is 434 g/mol. The molecule has 2 aromatic rings. The fourth-order valence-corrected chi connectivity index (χ4v) is 2.93. The lowest BCUT2D eigenvalue weighted by molar-refractivity contribution is 0.0943. The van der Waals surface area contributed by atoms with Crippen molar-refractivity contribution in [3.8, 4) is 28.7 Å². The van der Waals surface area contributed by atoms with Gasteiger partial charge in [0.1, 0.15) is 11.5 Å². The van der Waals surface area contributed by atoms with Gasteiger partial charge < -0.3 is 29.0 Å². The average molecular weight is 464 g/mol. The van der Waals surface area contributed by atoms with Crippen LogP contribution in [0.15, 0.2) is 30.3 Å². The monoisotopic (exact) mass is 463 g/mol. The minimum atomic E-state index is -0.434. The van der Waals surface area contributed by atoms with Crippen molar-refractivity contribution in [2.24, 2.45) is 0 Å². The Hall–Kier alpha value is -3.40. The smallest absolute Gasteiger partial charge is 0.269 e. The van der Waals surface area contributed by atoms with Crippen LogP contribution in [0, 0.1) is 0 Å². The van der Waals surface area contributed by atoms with Gasteiger partial charge in [0.25, 0.3) is 5.91 Å². The van der Waals surface area contributed by atoms with Gasteiger partial charge in [-0.3, -0.25) is 15.6 Å². The molecule has 174 valence electrons. The van der Waals surface area contributed by atoms with Crippen molar-refractivity contribution in [3.05, 3.63) is 35.9 Å². The van der Waals surface area contributed by atoms with Crippen LogP contribution in [0.2, 0.25) is 0 Å². The second-order valence-electron chi connectivity index (χ2n) is 6.20. The summed E-state index contributed by atoms with van der Waals surface area (Å²) < 4.78 is 27.5. The third-order valence-corrected chi connectivity index (χ3v) is 4.32. The fraction of sp³-hybridized carbons (Fsp3) is 0.364. The molecule has 0 aliphatic rings. The van der Waals surface area contributed by atoms with Gasteiger partial charge >= 0.3 is 0 Å². The first-order valence-electron chi connectivity index (χ1n) is 10.1. The van der Waals surface area contributed by atoms with Gasteiger partial charge in [-0.1, -0.05) is 0 Å². The highest BCUT2D eigenvalue weighted by molar-refractivity contribution is 7.80. The van der Waals surface area contributed by atoms with Crippen LogP contribution in [0.5, 0.6) is 28.7 Å². The minimum Gasteiger partial charge on any atom is -0.497 e. The number of amides is 1. The van der Waals surface area contributed by atoms with Gasteiger partial charge in [-0.25, -0.2) is 0 Å². The first-order chi connectivity index (χ1) is 15.5. The summed E-state index contributed by atoms with van der Waals surface area (Å²) in [6, 6.07) is 8.42. The lowest BCUT2D eigenvalue weighted by atomic mass is 10.1. The molecule has 0 fully saturated rings. The van der Waals surface area contributed by atoms with E-state index in [1.807, 2.05) is 20.8 Å². The fourth-order valence-electron chi connectivity index (χ4n) is 2.77. The van der Waals surface area contributed by atoms with Crippen molar-refractivity contribution in [1.82, 2.24) is 10.9 Å². The van der Waals surface area contributed by atoms with Crippen LogP contribution >= 0.6 is 12.2 Å². The largest absolute Gasteiger partial charge is 0.497 e. The predicted octanol–water partition coefficient (Wildman–Crippen LogP) is 3.53. The molecule has 1 amide bonds. The maximum atomic E-state index is 12.7. The number of carbonyl (C=O) groups excluding carboxylic acids is 1. The van der Waals surface area contributed by atoms with Crippen LogP contribution in [0.3, 0.4) is 0 Å². The number of rotatable bonds is 10. The maximum Gasteiger partial charge on any atom is 0.269 e. The summed E-state index contributed by atoms with van der Waals surface area (Å²) in [5, 5.41) is 3.12. The van der Waals surface area contributed by atoms with E-state index in [-0.39, 0.29) is 5.11 Å². The second-order valence-corrected chi connectivity index (χ2v) is 6.61. The molecule has 2 rings (SSSR count). The van der Waals surface area contributed by atoms with Crippen molar-refractivity contribution < 1.29 is 28.5 Å².